The van der Waals surface area contributed by atoms with Gasteiger partial charge in [-0.15, -0.1) is 0 Å². The van der Waals surface area contributed by atoms with Gasteiger partial charge in [0, 0.05) is 7.05 Å². The quantitative estimate of drug-likeness (QED) is 0.778. The first-order valence-electron chi connectivity index (χ1n) is 6.34. The summed E-state index contributed by atoms with van der Waals surface area (Å²) in [6.07, 6.45) is 1.55. The summed E-state index contributed by atoms with van der Waals surface area (Å²) in [6, 6.07) is 5.78. The second-order valence-corrected chi connectivity index (χ2v) is 6.73. The molecule has 1 aromatic rings. The van der Waals surface area contributed by atoms with Crippen molar-refractivity contribution >= 4 is 22.0 Å². The zero-order valence-corrected chi connectivity index (χ0v) is 13.3. The fraction of sp³-hybridized carbons (Fsp3) is 0.571. The molecule has 0 spiro atoms. The van der Waals surface area contributed by atoms with Crippen molar-refractivity contribution in [3.8, 4) is 0 Å². The Morgan fingerprint density at radius 1 is 1.42 bits per heavy atom. The Hall–Kier alpha value is -1.10. The summed E-state index contributed by atoms with van der Waals surface area (Å²) >= 11 is 3.37. The number of nitrogens with zero attached hydrogens (tertiary/aromatic N) is 2. The lowest BCUT2D eigenvalue weighted by molar-refractivity contribution is 0.0185. The van der Waals surface area contributed by atoms with E-state index in [0.717, 1.165) is 23.1 Å². The molecule has 0 unspecified atom stereocenters. The van der Waals surface area contributed by atoms with E-state index in [9.17, 15) is 4.79 Å². The highest BCUT2D eigenvalue weighted by Crippen LogP contribution is 2.50. The van der Waals surface area contributed by atoms with Gasteiger partial charge >= 0.3 is 6.09 Å². The monoisotopic (exact) mass is 326 g/mol. The summed E-state index contributed by atoms with van der Waals surface area (Å²) in [5, 5.41) is 0. The van der Waals surface area contributed by atoms with Crippen molar-refractivity contribution in [1.29, 1.82) is 0 Å². The summed E-state index contributed by atoms with van der Waals surface area (Å²) in [4.78, 5) is 18.3. The van der Waals surface area contributed by atoms with Crippen LogP contribution in [0.3, 0.4) is 0 Å². The minimum absolute atomic E-state index is 0.299. The maximum absolute atomic E-state index is 12.2. The van der Waals surface area contributed by atoms with Crippen LogP contribution in [0, 0.1) is 0 Å². The highest BCUT2D eigenvalue weighted by atomic mass is 79.9. The van der Waals surface area contributed by atoms with Crippen molar-refractivity contribution in [2.75, 3.05) is 7.05 Å². The van der Waals surface area contributed by atoms with E-state index in [2.05, 4.69) is 20.9 Å². The number of hydrogen-bond acceptors (Lipinski definition) is 3. The maximum Gasteiger partial charge on any atom is 0.410 e. The lowest BCUT2D eigenvalue weighted by atomic mass is 10.1. The Labute approximate surface area is 122 Å². The topological polar surface area (TPSA) is 42.4 Å². The molecule has 5 heteroatoms. The highest BCUT2D eigenvalue weighted by molar-refractivity contribution is 9.10. The molecule has 19 heavy (non-hydrogen) atoms. The molecule has 1 saturated carbocycles. The number of ether oxygens (including phenoxy) is 1. The molecular weight excluding hydrogens is 308 g/mol. The minimum atomic E-state index is -0.480. The maximum atomic E-state index is 12.2. The van der Waals surface area contributed by atoms with Crippen LogP contribution in [0.4, 0.5) is 4.79 Å². The SMILES string of the molecule is CN(C(=O)OC(C)(C)C)C1(c2cccc(Br)n2)CC1. The Bertz CT molecular complexity index is 492. The fourth-order valence-corrected chi connectivity index (χ4v) is 2.40. The van der Waals surface area contributed by atoms with Crippen LogP contribution in [0.1, 0.15) is 39.3 Å². The van der Waals surface area contributed by atoms with Gasteiger partial charge in [-0.1, -0.05) is 6.07 Å². The van der Waals surface area contributed by atoms with E-state index in [0.29, 0.717) is 0 Å². The van der Waals surface area contributed by atoms with Gasteiger partial charge in [0.25, 0.3) is 0 Å². The van der Waals surface area contributed by atoms with E-state index in [1.165, 1.54) is 0 Å². The second kappa shape index (κ2) is 4.78. The number of hydrogen-bond donors (Lipinski definition) is 0. The van der Waals surface area contributed by atoms with Gasteiger partial charge in [-0.3, -0.25) is 4.90 Å². The molecule has 0 aliphatic heterocycles. The van der Waals surface area contributed by atoms with Crippen LogP contribution in [0.25, 0.3) is 0 Å². The van der Waals surface area contributed by atoms with Crippen LogP contribution in [0.5, 0.6) is 0 Å². The summed E-state index contributed by atoms with van der Waals surface area (Å²) < 4.78 is 6.21. The lowest BCUT2D eigenvalue weighted by Gasteiger charge is -2.30. The van der Waals surface area contributed by atoms with Crippen molar-refractivity contribution in [1.82, 2.24) is 9.88 Å². The van der Waals surface area contributed by atoms with Gasteiger partial charge in [0.1, 0.15) is 10.2 Å². The third kappa shape index (κ3) is 3.08. The minimum Gasteiger partial charge on any atom is -0.444 e. The molecule has 1 heterocycles. The van der Waals surface area contributed by atoms with Crippen LogP contribution >= 0.6 is 15.9 Å². The predicted molar refractivity (Wildman–Crippen MR) is 76.8 cm³/mol. The molecule has 0 aromatic carbocycles. The third-order valence-electron chi connectivity index (χ3n) is 3.22. The Morgan fingerprint density at radius 3 is 2.53 bits per heavy atom. The molecule has 1 fully saturated rings. The van der Waals surface area contributed by atoms with E-state index >= 15 is 0 Å². The van der Waals surface area contributed by atoms with E-state index < -0.39 is 5.60 Å². The molecule has 2 rings (SSSR count). The van der Waals surface area contributed by atoms with E-state index in [1.54, 1.807) is 11.9 Å². The number of amides is 1. The number of carbonyl (C=O) groups is 1. The molecule has 1 aromatic heterocycles. The smallest absolute Gasteiger partial charge is 0.410 e. The zero-order valence-electron chi connectivity index (χ0n) is 11.7. The second-order valence-electron chi connectivity index (χ2n) is 5.92. The first kappa shape index (κ1) is 14.3. The highest BCUT2D eigenvalue weighted by Gasteiger charge is 2.52. The summed E-state index contributed by atoms with van der Waals surface area (Å²) in [5.74, 6) is 0. The van der Waals surface area contributed by atoms with Gasteiger partial charge in [0.05, 0.1) is 11.2 Å². The number of aromatic nitrogens is 1. The molecular formula is C14H19BrN2O2. The third-order valence-corrected chi connectivity index (χ3v) is 3.67. The molecule has 1 aliphatic carbocycles. The Morgan fingerprint density at radius 2 is 2.05 bits per heavy atom. The predicted octanol–water partition coefficient (Wildman–Crippen LogP) is 3.70. The van der Waals surface area contributed by atoms with Crippen LogP contribution in [0.2, 0.25) is 0 Å². The average molecular weight is 327 g/mol. The zero-order chi connectivity index (χ0) is 14.3. The number of halogens is 1. The normalized spacial score (nSPS) is 16.9. The molecule has 0 bridgehead atoms. The van der Waals surface area contributed by atoms with Crippen molar-refractivity contribution in [3.63, 3.8) is 0 Å². The number of pyridine rings is 1. The van der Waals surface area contributed by atoms with Gasteiger partial charge in [-0.25, -0.2) is 9.78 Å². The molecule has 1 amide bonds. The number of carbonyl (C=O) groups excluding carboxylic acids is 1. The lowest BCUT2D eigenvalue weighted by Crippen LogP contribution is -2.41. The Balaban J connectivity index is 2.19. The van der Waals surface area contributed by atoms with Crippen LogP contribution < -0.4 is 0 Å². The van der Waals surface area contributed by atoms with Crippen molar-refractivity contribution in [3.05, 3.63) is 28.5 Å². The summed E-state index contributed by atoms with van der Waals surface area (Å²) in [6.45, 7) is 5.61. The van der Waals surface area contributed by atoms with Crippen molar-refractivity contribution < 1.29 is 9.53 Å². The van der Waals surface area contributed by atoms with Gasteiger partial charge < -0.3 is 4.74 Å². The Kier molecular flexibility index (Phi) is 3.60. The summed E-state index contributed by atoms with van der Waals surface area (Å²) in [7, 11) is 1.78. The largest absolute Gasteiger partial charge is 0.444 e. The number of rotatable bonds is 2. The van der Waals surface area contributed by atoms with Crippen molar-refractivity contribution in [2.45, 2.75) is 44.8 Å². The van der Waals surface area contributed by atoms with Crippen LogP contribution in [-0.4, -0.2) is 28.6 Å². The molecule has 4 nitrogen and oxygen atoms in total. The first-order chi connectivity index (χ1) is 8.74. The van der Waals surface area contributed by atoms with Gasteiger partial charge in [-0.2, -0.15) is 0 Å². The van der Waals surface area contributed by atoms with Gasteiger partial charge in [-0.05, 0) is 61.7 Å². The molecule has 0 saturated heterocycles. The van der Waals surface area contributed by atoms with E-state index in [4.69, 9.17) is 4.74 Å². The van der Waals surface area contributed by atoms with E-state index in [1.807, 2.05) is 39.0 Å². The first-order valence-corrected chi connectivity index (χ1v) is 7.14. The molecule has 1 aliphatic rings. The van der Waals surface area contributed by atoms with Crippen LogP contribution in [0.15, 0.2) is 22.8 Å². The molecule has 0 atom stereocenters. The van der Waals surface area contributed by atoms with Gasteiger partial charge in [0.15, 0.2) is 0 Å². The molecule has 0 radical (unpaired) electrons. The molecule has 104 valence electrons. The fourth-order valence-electron chi connectivity index (χ4n) is 2.05. The van der Waals surface area contributed by atoms with Crippen molar-refractivity contribution in [2.24, 2.45) is 0 Å². The van der Waals surface area contributed by atoms with Crippen LogP contribution in [-0.2, 0) is 10.3 Å². The summed E-state index contributed by atoms with van der Waals surface area (Å²) in [5.41, 5.74) is 0.133. The van der Waals surface area contributed by atoms with E-state index in [-0.39, 0.29) is 11.6 Å². The molecule has 0 N–H and O–H groups in total. The van der Waals surface area contributed by atoms with Gasteiger partial charge in [0.2, 0.25) is 0 Å². The average Bonchev–Trinajstić information content (AvgIpc) is 3.07. The standard InChI is InChI=1S/C14H19BrN2O2/c1-13(2,3)19-12(18)17(4)14(8-9-14)10-6-5-7-11(15)16-10/h5-7H,8-9H2,1-4H3.